The van der Waals surface area contributed by atoms with E-state index in [4.69, 9.17) is 16.3 Å². The maximum absolute atomic E-state index is 13.5. The number of halogens is 1. The van der Waals surface area contributed by atoms with E-state index in [2.05, 4.69) is 15.1 Å². The third-order valence-electron chi connectivity index (χ3n) is 6.14. The Morgan fingerprint density at radius 3 is 2.47 bits per heavy atom. The molecule has 0 spiro atoms. The first-order valence-electron chi connectivity index (χ1n) is 11.3. The number of piperazine rings is 1. The van der Waals surface area contributed by atoms with E-state index in [1.807, 2.05) is 40.5 Å². The van der Waals surface area contributed by atoms with Crippen molar-refractivity contribution >= 4 is 34.2 Å². The number of carbonyl (C=O) groups excluding carboxylic acids is 1. The molecule has 0 atom stereocenters. The van der Waals surface area contributed by atoms with Crippen LogP contribution in [0.1, 0.15) is 19.7 Å². The van der Waals surface area contributed by atoms with Crippen LogP contribution in [0.3, 0.4) is 0 Å². The quantitative estimate of drug-likeness (QED) is 0.436. The predicted octanol–water partition coefficient (Wildman–Crippen LogP) is 2.75. The number of nitrogens with zero attached hydrogens (tertiary/aromatic N) is 6. The Bertz CT molecular complexity index is 1420. The highest BCUT2D eigenvalue weighted by Crippen LogP contribution is 2.23. The van der Waals surface area contributed by atoms with Gasteiger partial charge in [-0.15, -0.1) is 10.2 Å². The van der Waals surface area contributed by atoms with Gasteiger partial charge in [0.15, 0.2) is 5.82 Å². The van der Waals surface area contributed by atoms with Gasteiger partial charge in [-0.25, -0.2) is 4.57 Å². The summed E-state index contributed by atoms with van der Waals surface area (Å²) in [6, 6.07) is 12.6. The molecule has 34 heavy (non-hydrogen) atoms. The van der Waals surface area contributed by atoms with Gasteiger partial charge in [0, 0.05) is 38.1 Å². The summed E-state index contributed by atoms with van der Waals surface area (Å²) in [6.07, 6.45) is 0. The van der Waals surface area contributed by atoms with Crippen LogP contribution in [0.2, 0.25) is 5.02 Å². The van der Waals surface area contributed by atoms with Gasteiger partial charge in [0.2, 0.25) is 11.7 Å². The van der Waals surface area contributed by atoms with Crippen molar-refractivity contribution in [3.63, 3.8) is 0 Å². The van der Waals surface area contributed by atoms with Crippen LogP contribution in [0, 0.1) is 0 Å². The highest BCUT2D eigenvalue weighted by molar-refractivity contribution is 6.31. The van der Waals surface area contributed by atoms with Gasteiger partial charge in [0.05, 0.1) is 29.7 Å². The average Bonchev–Trinajstić information content (AvgIpc) is 3.24. The lowest BCUT2D eigenvalue weighted by Crippen LogP contribution is -2.47. The second-order valence-electron chi connectivity index (χ2n) is 8.26. The summed E-state index contributed by atoms with van der Waals surface area (Å²) >= 11 is 6.31. The number of amides is 1. The van der Waals surface area contributed by atoms with Crippen LogP contribution in [-0.2, 0) is 11.3 Å². The molecule has 4 aromatic rings. The van der Waals surface area contributed by atoms with Crippen LogP contribution >= 0.6 is 11.6 Å². The SMILES string of the molecule is CCOc1ccc(-n2c(=O)c3ccc(Cl)cc3n3c(CN4CCN(C(C)=O)CC4)nnc23)cc1. The van der Waals surface area contributed by atoms with Crippen molar-refractivity contribution < 1.29 is 9.53 Å². The highest BCUT2D eigenvalue weighted by atomic mass is 35.5. The predicted molar refractivity (Wildman–Crippen MR) is 130 cm³/mol. The molecule has 2 aromatic carbocycles. The number of benzene rings is 2. The first kappa shape index (κ1) is 22.4. The lowest BCUT2D eigenvalue weighted by molar-refractivity contribution is -0.130. The van der Waals surface area contributed by atoms with Crippen molar-refractivity contribution in [1.82, 2.24) is 29.0 Å². The van der Waals surface area contributed by atoms with E-state index >= 15 is 0 Å². The molecular formula is C24H25ClN6O3. The minimum Gasteiger partial charge on any atom is -0.494 e. The summed E-state index contributed by atoms with van der Waals surface area (Å²) in [7, 11) is 0. The first-order chi connectivity index (χ1) is 16.5. The molecule has 1 aliphatic rings. The summed E-state index contributed by atoms with van der Waals surface area (Å²) in [4.78, 5) is 29.3. The van der Waals surface area contributed by atoms with Crippen LogP contribution in [0.4, 0.5) is 0 Å². The van der Waals surface area contributed by atoms with E-state index in [0.717, 1.165) is 18.8 Å². The second-order valence-corrected chi connectivity index (χ2v) is 8.70. The van der Waals surface area contributed by atoms with Crippen LogP contribution in [0.5, 0.6) is 5.75 Å². The molecule has 10 heteroatoms. The van der Waals surface area contributed by atoms with Crippen LogP contribution in [-0.4, -0.2) is 67.7 Å². The highest BCUT2D eigenvalue weighted by Gasteiger charge is 2.23. The van der Waals surface area contributed by atoms with Gasteiger partial charge in [-0.05, 0) is 49.4 Å². The Morgan fingerprint density at radius 2 is 1.79 bits per heavy atom. The second kappa shape index (κ2) is 9.08. The van der Waals surface area contributed by atoms with Gasteiger partial charge in [0.25, 0.3) is 5.56 Å². The molecule has 1 amide bonds. The number of aromatic nitrogens is 4. The largest absolute Gasteiger partial charge is 0.494 e. The van der Waals surface area contributed by atoms with Crippen molar-refractivity contribution in [2.75, 3.05) is 32.8 Å². The number of carbonyl (C=O) groups is 1. The summed E-state index contributed by atoms with van der Waals surface area (Å²) in [6.45, 7) is 7.46. The zero-order chi connectivity index (χ0) is 23.8. The number of fused-ring (bicyclic) bond motifs is 3. The zero-order valence-electron chi connectivity index (χ0n) is 19.1. The molecule has 0 N–H and O–H groups in total. The van der Waals surface area contributed by atoms with E-state index in [1.54, 1.807) is 29.7 Å². The smallest absolute Gasteiger partial charge is 0.267 e. The van der Waals surface area contributed by atoms with Gasteiger partial charge in [0.1, 0.15) is 5.75 Å². The van der Waals surface area contributed by atoms with Gasteiger partial charge >= 0.3 is 0 Å². The molecule has 2 aromatic heterocycles. The maximum atomic E-state index is 13.5. The fraction of sp³-hybridized carbons (Fsp3) is 0.333. The summed E-state index contributed by atoms with van der Waals surface area (Å²) in [5, 5.41) is 9.93. The maximum Gasteiger partial charge on any atom is 0.267 e. The van der Waals surface area contributed by atoms with E-state index < -0.39 is 0 Å². The molecule has 0 bridgehead atoms. The summed E-state index contributed by atoms with van der Waals surface area (Å²) < 4.78 is 9.01. The molecule has 0 unspecified atom stereocenters. The van der Waals surface area contributed by atoms with Gasteiger partial charge in [-0.1, -0.05) is 11.6 Å². The number of hydrogen-bond donors (Lipinski definition) is 0. The zero-order valence-corrected chi connectivity index (χ0v) is 19.8. The third kappa shape index (κ3) is 4.01. The molecule has 5 rings (SSSR count). The number of rotatable bonds is 5. The summed E-state index contributed by atoms with van der Waals surface area (Å²) in [5.74, 6) is 1.95. The summed E-state index contributed by atoms with van der Waals surface area (Å²) in [5.41, 5.74) is 1.14. The molecule has 9 nitrogen and oxygen atoms in total. The van der Waals surface area contributed by atoms with Crippen molar-refractivity contribution in [3.05, 3.63) is 63.7 Å². The van der Waals surface area contributed by atoms with Crippen molar-refractivity contribution in [2.24, 2.45) is 0 Å². The fourth-order valence-electron chi connectivity index (χ4n) is 4.39. The number of ether oxygens (including phenoxy) is 1. The Balaban J connectivity index is 1.62. The van der Waals surface area contributed by atoms with E-state index in [1.165, 1.54) is 0 Å². The van der Waals surface area contributed by atoms with Crippen molar-refractivity contribution in [2.45, 2.75) is 20.4 Å². The Labute approximate surface area is 201 Å². The van der Waals surface area contributed by atoms with Crippen LogP contribution < -0.4 is 10.3 Å². The molecule has 3 heterocycles. The van der Waals surface area contributed by atoms with E-state index in [9.17, 15) is 9.59 Å². The monoisotopic (exact) mass is 480 g/mol. The van der Waals surface area contributed by atoms with Crippen molar-refractivity contribution in [3.8, 4) is 11.4 Å². The van der Waals surface area contributed by atoms with E-state index in [0.29, 0.717) is 59.5 Å². The van der Waals surface area contributed by atoms with Crippen LogP contribution in [0.25, 0.3) is 22.4 Å². The Kier molecular flexibility index (Phi) is 5.97. The topological polar surface area (TPSA) is 85.0 Å². The molecule has 0 saturated carbocycles. The normalized spacial score (nSPS) is 14.7. The molecular weight excluding hydrogens is 456 g/mol. The minimum absolute atomic E-state index is 0.0904. The average molecular weight is 481 g/mol. The molecule has 1 saturated heterocycles. The minimum atomic E-state index is -0.197. The fourth-order valence-corrected chi connectivity index (χ4v) is 4.56. The van der Waals surface area contributed by atoms with Gasteiger partial charge in [-0.3, -0.25) is 18.9 Å². The lowest BCUT2D eigenvalue weighted by Gasteiger charge is -2.33. The van der Waals surface area contributed by atoms with Gasteiger partial charge < -0.3 is 9.64 Å². The molecule has 1 aliphatic heterocycles. The van der Waals surface area contributed by atoms with E-state index in [-0.39, 0.29) is 11.5 Å². The molecule has 0 aliphatic carbocycles. The van der Waals surface area contributed by atoms with Crippen molar-refractivity contribution in [1.29, 1.82) is 0 Å². The molecule has 0 radical (unpaired) electrons. The standard InChI is InChI=1S/C24H25ClN6O3/c1-3-34-19-7-5-18(6-8-19)30-23(33)20-9-4-17(25)14-21(20)31-22(26-27-24(30)31)15-28-10-12-29(13-11-28)16(2)32/h4-9,14H,3,10-13,15H2,1-2H3. The molecule has 176 valence electrons. The molecule has 1 fully saturated rings. The number of hydrogen-bond acceptors (Lipinski definition) is 6. The Hall–Kier alpha value is -3.43. The Morgan fingerprint density at radius 1 is 1.06 bits per heavy atom. The first-order valence-corrected chi connectivity index (χ1v) is 11.6. The van der Waals surface area contributed by atoms with Crippen LogP contribution in [0.15, 0.2) is 47.3 Å². The third-order valence-corrected chi connectivity index (χ3v) is 6.37. The lowest BCUT2D eigenvalue weighted by atomic mass is 10.2. The van der Waals surface area contributed by atoms with Gasteiger partial charge in [-0.2, -0.15) is 0 Å².